The molecule has 3 nitrogen and oxygen atoms in total. The Bertz CT molecular complexity index is 632. The van der Waals surface area contributed by atoms with Crippen molar-refractivity contribution in [1.29, 1.82) is 0 Å². The lowest BCUT2D eigenvalue weighted by atomic mass is 10.2. The van der Waals surface area contributed by atoms with Gasteiger partial charge in [0, 0.05) is 22.6 Å². The standard InChI is InChI=1S/C17H20BrNO2/c1-11-7-14(18)3-6-17(11)20-10-16-8-13(12(2)21-16)9-19-15-4-5-15/h3,6-8,15,19H,4-5,9-10H2,1-2H3. The van der Waals surface area contributed by atoms with Gasteiger partial charge in [-0.05, 0) is 56.5 Å². The Morgan fingerprint density at radius 2 is 2.10 bits per heavy atom. The maximum atomic E-state index is 5.85. The van der Waals surface area contributed by atoms with Crippen LogP contribution in [0.3, 0.4) is 0 Å². The highest BCUT2D eigenvalue weighted by Crippen LogP contribution is 2.24. The topological polar surface area (TPSA) is 34.4 Å². The van der Waals surface area contributed by atoms with Crippen molar-refractivity contribution in [2.24, 2.45) is 0 Å². The first-order chi connectivity index (χ1) is 10.1. The minimum Gasteiger partial charge on any atom is -0.485 e. The van der Waals surface area contributed by atoms with Crippen LogP contribution in [0.5, 0.6) is 5.75 Å². The first-order valence-corrected chi connectivity index (χ1v) is 8.11. The van der Waals surface area contributed by atoms with Gasteiger partial charge in [0.1, 0.15) is 23.9 Å². The number of aryl methyl sites for hydroxylation is 2. The fourth-order valence-corrected chi connectivity index (χ4v) is 2.78. The number of hydrogen-bond donors (Lipinski definition) is 1. The van der Waals surface area contributed by atoms with Gasteiger partial charge in [-0.1, -0.05) is 15.9 Å². The molecule has 1 heterocycles. The molecule has 0 radical (unpaired) electrons. The van der Waals surface area contributed by atoms with Crippen LogP contribution >= 0.6 is 15.9 Å². The van der Waals surface area contributed by atoms with Gasteiger partial charge >= 0.3 is 0 Å². The van der Waals surface area contributed by atoms with Crippen molar-refractivity contribution in [2.75, 3.05) is 0 Å². The molecule has 0 unspecified atom stereocenters. The van der Waals surface area contributed by atoms with Crippen LogP contribution in [0.15, 0.2) is 33.2 Å². The molecule has 112 valence electrons. The van der Waals surface area contributed by atoms with Gasteiger partial charge in [-0.2, -0.15) is 0 Å². The molecule has 1 fully saturated rings. The SMILES string of the molecule is Cc1cc(Br)ccc1OCc1cc(CNC2CC2)c(C)o1. The number of ether oxygens (including phenoxy) is 1. The molecule has 0 aliphatic heterocycles. The number of hydrogen-bond acceptors (Lipinski definition) is 3. The summed E-state index contributed by atoms with van der Waals surface area (Å²) in [4.78, 5) is 0. The maximum Gasteiger partial charge on any atom is 0.146 e. The molecule has 4 heteroatoms. The summed E-state index contributed by atoms with van der Waals surface area (Å²) in [5.74, 6) is 2.75. The third-order valence-electron chi connectivity index (χ3n) is 3.74. The molecule has 0 bridgehead atoms. The Morgan fingerprint density at radius 3 is 2.81 bits per heavy atom. The van der Waals surface area contributed by atoms with Crippen LogP contribution in [0.2, 0.25) is 0 Å². The van der Waals surface area contributed by atoms with E-state index in [1.54, 1.807) is 0 Å². The molecule has 1 aliphatic rings. The van der Waals surface area contributed by atoms with Crippen molar-refractivity contribution in [3.05, 3.63) is 51.4 Å². The van der Waals surface area contributed by atoms with E-state index in [4.69, 9.17) is 9.15 Å². The van der Waals surface area contributed by atoms with E-state index in [1.165, 1.54) is 18.4 Å². The number of furan rings is 1. The summed E-state index contributed by atoms with van der Waals surface area (Å²) in [6.45, 7) is 5.40. The van der Waals surface area contributed by atoms with Gasteiger partial charge in [0.15, 0.2) is 0 Å². The lowest BCUT2D eigenvalue weighted by Gasteiger charge is -2.07. The lowest BCUT2D eigenvalue weighted by molar-refractivity contribution is 0.266. The molecule has 2 aromatic rings. The molecule has 0 amide bonds. The van der Waals surface area contributed by atoms with Crippen molar-refractivity contribution >= 4 is 15.9 Å². The third-order valence-corrected chi connectivity index (χ3v) is 4.23. The number of halogens is 1. The molecule has 1 aromatic heterocycles. The van der Waals surface area contributed by atoms with Gasteiger partial charge in [-0.3, -0.25) is 0 Å². The largest absolute Gasteiger partial charge is 0.485 e. The van der Waals surface area contributed by atoms with E-state index in [9.17, 15) is 0 Å². The van der Waals surface area contributed by atoms with Crippen LogP contribution in [0, 0.1) is 13.8 Å². The van der Waals surface area contributed by atoms with Gasteiger partial charge in [-0.15, -0.1) is 0 Å². The van der Waals surface area contributed by atoms with Gasteiger partial charge in [0.05, 0.1) is 0 Å². The van der Waals surface area contributed by atoms with Gasteiger partial charge in [0.2, 0.25) is 0 Å². The second-order valence-electron chi connectivity index (χ2n) is 5.65. The third kappa shape index (κ3) is 3.89. The van der Waals surface area contributed by atoms with Gasteiger partial charge in [-0.25, -0.2) is 0 Å². The highest BCUT2D eigenvalue weighted by atomic mass is 79.9. The maximum absolute atomic E-state index is 5.85. The lowest BCUT2D eigenvalue weighted by Crippen LogP contribution is -2.15. The van der Waals surface area contributed by atoms with E-state index < -0.39 is 0 Å². The Kier molecular flexibility index (Phi) is 4.36. The van der Waals surface area contributed by atoms with E-state index >= 15 is 0 Å². The Morgan fingerprint density at radius 1 is 1.29 bits per heavy atom. The first-order valence-electron chi connectivity index (χ1n) is 7.32. The van der Waals surface area contributed by atoms with Crippen LogP contribution in [-0.2, 0) is 13.2 Å². The van der Waals surface area contributed by atoms with Gasteiger partial charge < -0.3 is 14.5 Å². The summed E-state index contributed by atoms with van der Waals surface area (Å²) in [5.41, 5.74) is 2.34. The molecule has 0 saturated heterocycles. The Balaban J connectivity index is 1.60. The molecule has 1 N–H and O–H groups in total. The van der Waals surface area contributed by atoms with Crippen LogP contribution in [0.25, 0.3) is 0 Å². The Labute approximate surface area is 133 Å². The molecule has 1 saturated carbocycles. The second kappa shape index (κ2) is 6.24. The second-order valence-corrected chi connectivity index (χ2v) is 6.56. The van der Waals surface area contributed by atoms with Crippen molar-refractivity contribution in [1.82, 2.24) is 5.32 Å². The Hall–Kier alpha value is -1.26. The minimum absolute atomic E-state index is 0.465. The van der Waals surface area contributed by atoms with Crippen LogP contribution in [-0.4, -0.2) is 6.04 Å². The molecular weight excluding hydrogens is 330 g/mol. The molecule has 1 aliphatic carbocycles. The molecule has 3 rings (SSSR count). The van der Waals surface area contributed by atoms with Crippen molar-refractivity contribution < 1.29 is 9.15 Å². The van der Waals surface area contributed by atoms with Crippen molar-refractivity contribution in [3.8, 4) is 5.75 Å². The van der Waals surface area contributed by atoms with E-state index in [0.29, 0.717) is 12.6 Å². The minimum atomic E-state index is 0.465. The van der Waals surface area contributed by atoms with Crippen LogP contribution < -0.4 is 10.1 Å². The summed E-state index contributed by atoms with van der Waals surface area (Å²) in [7, 11) is 0. The normalized spacial score (nSPS) is 14.4. The number of rotatable bonds is 6. The summed E-state index contributed by atoms with van der Waals surface area (Å²) >= 11 is 3.46. The van der Waals surface area contributed by atoms with E-state index in [0.717, 1.165) is 33.9 Å². The quantitative estimate of drug-likeness (QED) is 0.834. The molecule has 21 heavy (non-hydrogen) atoms. The highest BCUT2D eigenvalue weighted by Gasteiger charge is 2.21. The zero-order valence-electron chi connectivity index (χ0n) is 12.4. The zero-order valence-corrected chi connectivity index (χ0v) is 14.0. The van der Waals surface area contributed by atoms with E-state index in [2.05, 4.69) is 27.3 Å². The first kappa shape index (κ1) is 14.7. The van der Waals surface area contributed by atoms with E-state index in [-0.39, 0.29) is 0 Å². The average molecular weight is 350 g/mol. The monoisotopic (exact) mass is 349 g/mol. The fraction of sp³-hybridized carbons (Fsp3) is 0.412. The van der Waals surface area contributed by atoms with Crippen LogP contribution in [0.4, 0.5) is 0 Å². The fourth-order valence-electron chi connectivity index (χ4n) is 2.30. The molecule has 0 atom stereocenters. The number of benzene rings is 1. The molecule has 1 aromatic carbocycles. The predicted octanol–water partition coefficient (Wildman–Crippen LogP) is 4.49. The summed E-state index contributed by atoms with van der Waals surface area (Å²) in [5, 5.41) is 3.51. The van der Waals surface area contributed by atoms with Crippen LogP contribution in [0.1, 0.15) is 35.5 Å². The molecular formula is C17H20BrNO2. The summed E-state index contributed by atoms with van der Waals surface area (Å²) in [6, 6.07) is 8.82. The van der Waals surface area contributed by atoms with E-state index in [1.807, 2.05) is 32.0 Å². The molecule has 0 spiro atoms. The van der Waals surface area contributed by atoms with Crippen molar-refractivity contribution in [2.45, 2.75) is 45.9 Å². The zero-order chi connectivity index (χ0) is 14.8. The smallest absolute Gasteiger partial charge is 0.146 e. The summed E-state index contributed by atoms with van der Waals surface area (Å²) in [6.07, 6.45) is 2.60. The number of nitrogens with one attached hydrogen (secondary N) is 1. The highest BCUT2D eigenvalue weighted by molar-refractivity contribution is 9.10. The van der Waals surface area contributed by atoms with Gasteiger partial charge in [0.25, 0.3) is 0 Å². The summed E-state index contributed by atoms with van der Waals surface area (Å²) < 4.78 is 12.7. The average Bonchev–Trinajstić information content (AvgIpc) is 3.20. The predicted molar refractivity (Wildman–Crippen MR) is 86.5 cm³/mol. The van der Waals surface area contributed by atoms with Crippen molar-refractivity contribution in [3.63, 3.8) is 0 Å².